The molecule has 1 aromatic heterocycles. The van der Waals surface area contributed by atoms with Crippen molar-refractivity contribution in [2.24, 2.45) is 0 Å². The summed E-state index contributed by atoms with van der Waals surface area (Å²) in [6, 6.07) is 7.98. The summed E-state index contributed by atoms with van der Waals surface area (Å²) in [5.74, 6) is -0.630. The summed E-state index contributed by atoms with van der Waals surface area (Å²) in [5.41, 5.74) is 1.30. The van der Waals surface area contributed by atoms with Crippen LogP contribution >= 0.6 is 11.8 Å². The van der Waals surface area contributed by atoms with Crippen LogP contribution in [0.25, 0.3) is 0 Å². The molecule has 1 aromatic carbocycles. The van der Waals surface area contributed by atoms with Crippen molar-refractivity contribution in [1.82, 2.24) is 9.97 Å². The van der Waals surface area contributed by atoms with E-state index >= 15 is 0 Å². The Morgan fingerprint density at radius 3 is 2.77 bits per heavy atom. The van der Waals surface area contributed by atoms with Crippen molar-refractivity contribution in [2.75, 3.05) is 11.1 Å². The van der Waals surface area contributed by atoms with Crippen LogP contribution in [0, 0.1) is 0 Å². The van der Waals surface area contributed by atoms with Gasteiger partial charge in [-0.2, -0.15) is 0 Å². The molecule has 1 amide bonds. The number of hydrogen-bond donors (Lipinski definition) is 2. The van der Waals surface area contributed by atoms with Gasteiger partial charge in [-0.25, -0.2) is 9.78 Å². The van der Waals surface area contributed by atoms with E-state index in [1.165, 1.54) is 6.07 Å². The molecule has 0 aliphatic heterocycles. The lowest BCUT2D eigenvalue weighted by atomic mass is 10.2. The monoisotopic (exact) mass is 375 g/mol. The zero-order chi connectivity index (χ0) is 19.1. The molecular weight excluding hydrogens is 354 g/mol. The number of rotatable bonds is 7. The summed E-state index contributed by atoms with van der Waals surface area (Å²) in [6.45, 7) is 5.44. The number of hydrogen-bond acceptors (Lipinski definition) is 6. The lowest BCUT2D eigenvalue weighted by molar-refractivity contribution is -0.113. The minimum atomic E-state index is -0.441. The summed E-state index contributed by atoms with van der Waals surface area (Å²) in [7, 11) is 0. The number of H-pyrrole nitrogens is 1. The molecule has 0 radical (unpaired) electrons. The number of nitrogens with one attached hydrogen (secondary N) is 2. The van der Waals surface area contributed by atoms with Gasteiger partial charge in [-0.1, -0.05) is 24.8 Å². The number of aromatic amines is 1. The fraction of sp³-hybridized carbons (Fsp3) is 0.333. The van der Waals surface area contributed by atoms with E-state index in [1.807, 2.05) is 6.92 Å². The second-order valence-electron chi connectivity index (χ2n) is 5.77. The number of carbonyl (C=O) groups excluding carboxylic acids is 2. The lowest BCUT2D eigenvalue weighted by Crippen LogP contribution is -2.16. The van der Waals surface area contributed by atoms with Gasteiger partial charge < -0.3 is 15.0 Å². The molecule has 8 heteroatoms. The minimum Gasteiger partial charge on any atom is -0.459 e. The number of aryl methyl sites for hydroxylation is 1. The number of nitrogens with zero attached hydrogens (tertiary/aromatic N) is 1. The van der Waals surface area contributed by atoms with Crippen LogP contribution in [-0.4, -0.2) is 33.7 Å². The predicted molar refractivity (Wildman–Crippen MR) is 101 cm³/mol. The maximum absolute atomic E-state index is 12.1. The summed E-state index contributed by atoms with van der Waals surface area (Å²) < 4.78 is 5.14. The van der Waals surface area contributed by atoms with Gasteiger partial charge in [0.2, 0.25) is 5.91 Å². The van der Waals surface area contributed by atoms with E-state index in [0.29, 0.717) is 28.5 Å². The van der Waals surface area contributed by atoms with Gasteiger partial charge in [0, 0.05) is 17.4 Å². The van der Waals surface area contributed by atoms with Crippen molar-refractivity contribution in [3.63, 3.8) is 0 Å². The van der Waals surface area contributed by atoms with E-state index in [-0.39, 0.29) is 23.3 Å². The van der Waals surface area contributed by atoms with E-state index in [2.05, 4.69) is 15.3 Å². The first-order valence-electron chi connectivity index (χ1n) is 8.21. The molecule has 138 valence electrons. The van der Waals surface area contributed by atoms with Crippen molar-refractivity contribution in [3.8, 4) is 0 Å². The molecule has 0 saturated heterocycles. The largest absolute Gasteiger partial charge is 0.459 e. The van der Waals surface area contributed by atoms with E-state index in [0.717, 1.165) is 11.8 Å². The minimum absolute atomic E-state index is 0.0801. The number of esters is 1. The first kappa shape index (κ1) is 19.7. The van der Waals surface area contributed by atoms with Crippen LogP contribution in [0.3, 0.4) is 0 Å². The molecule has 2 N–H and O–H groups in total. The van der Waals surface area contributed by atoms with Crippen LogP contribution in [0.15, 0.2) is 40.3 Å². The first-order valence-corrected chi connectivity index (χ1v) is 9.20. The standard InChI is InChI=1S/C18H21N3O4S/c1-4-13-9-15(22)21-18(20-13)26-10-16(23)19-14-7-5-6-12(8-14)17(24)25-11(2)3/h5-9,11H,4,10H2,1-3H3,(H,19,23)(H,20,21,22). The van der Waals surface area contributed by atoms with E-state index in [4.69, 9.17) is 4.74 Å². The quantitative estimate of drug-likeness (QED) is 0.438. The Bertz CT molecular complexity index is 848. The van der Waals surface area contributed by atoms with E-state index in [1.54, 1.807) is 38.1 Å². The average Bonchev–Trinajstić information content (AvgIpc) is 2.59. The van der Waals surface area contributed by atoms with Crippen molar-refractivity contribution >= 4 is 29.3 Å². The Morgan fingerprint density at radius 2 is 2.08 bits per heavy atom. The topological polar surface area (TPSA) is 101 Å². The fourth-order valence-electron chi connectivity index (χ4n) is 2.07. The molecule has 0 bridgehead atoms. The number of thioether (sulfide) groups is 1. The Hall–Kier alpha value is -2.61. The van der Waals surface area contributed by atoms with Gasteiger partial charge in [-0.15, -0.1) is 0 Å². The third-order valence-corrected chi connectivity index (χ3v) is 4.07. The van der Waals surface area contributed by atoms with Crippen LogP contribution in [-0.2, 0) is 16.0 Å². The van der Waals surface area contributed by atoms with Gasteiger partial charge in [-0.3, -0.25) is 9.59 Å². The number of ether oxygens (including phenoxy) is 1. The van der Waals surface area contributed by atoms with Gasteiger partial charge >= 0.3 is 5.97 Å². The average molecular weight is 375 g/mol. The molecule has 0 fully saturated rings. The van der Waals surface area contributed by atoms with Gasteiger partial charge in [0.15, 0.2) is 5.16 Å². The van der Waals surface area contributed by atoms with Crippen LogP contribution in [0.1, 0.15) is 36.8 Å². The molecule has 0 saturated carbocycles. The number of amides is 1. The maximum atomic E-state index is 12.1. The second kappa shape index (κ2) is 9.19. The highest BCUT2D eigenvalue weighted by atomic mass is 32.2. The zero-order valence-electron chi connectivity index (χ0n) is 14.9. The van der Waals surface area contributed by atoms with Crippen molar-refractivity contribution in [3.05, 3.63) is 51.9 Å². The third kappa shape index (κ3) is 6.03. The molecule has 2 rings (SSSR count). The van der Waals surface area contributed by atoms with Crippen molar-refractivity contribution < 1.29 is 14.3 Å². The Morgan fingerprint density at radius 1 is 1.31 bits per heavy atom. The number of carbonyl (C=O) groups is 2. The smallest absolute Gasteiger partial charge is 0.338 e. The molecule has 2 aromatic rings. The first-order chi connectivity index (χ1) is 12.4. The number of aromatic nitrogens is 2. The molecule has 0 aliphatic carbocycles. The highest BCUT2D eigenvalue weighted by Crippen LogP contribution is 2.15. The van der Waals surface area contributed by atoms with Crippen molar-refractivity contribution in [2.45, 2.75) is 38.5 Å². The Balaban J connectivity index is 1.97. The van der Waals surface area contributed by atoms with E-state index in [9.17, 15) is 14.4 Å². The number of benzene rings is 1. The molecular formula is C18H21N3O4S. The maximum Gasteiger partial charge on any atom is 0.338 e. The second-order valence-corrected chi connectivity index (χ2v) is 6.73. The Kier molecular flexibility index (Phi) is 6.97. The molecule has 7 nitrogen and oxygen atoms in total. The SMILES string of the molecule is CCc1cc(=O)[nH]c(SCC(=O)Nc2cccc(C(=O)OC(C)C)c2)n1. The van der Waals surface area contributed by atoms with Gasteiger partial charge in [0.25, 0.3) is 5.56 Å². The molecule has 0 spiro atoms. The van der Waals surface area contributed by atoms with Crippen LogP contribution in [0.2, 0.25) is 0 Å². The van der Waals surface area contributed by atoms with Gasteiger partial charge in [0.05, 0.1) is 17.4 Å². The van der Waals surface area contributed by atoms with Crippen LogP contribution in [0.5, 0.6) is 0 Å². The predicted octanol–water partition coefficient (Wildman–Crippen LogP) is 2.63. The summed E-state index contributed by atoms with van der Waals surface area (Å²) in [6.07, 6.45) is 0.425. The highest BCUT2D eigenvalue weighted by Gasteiger charge is 2.11. The molecule has 26 heavy (non-hydrogen) atoms. The van der Waals surface area contributed by atoms with E-state index < -0.39 is 5.97 Å². The fourth-order valence-corrected chi connectivity index (χ4v) is 2.76. The summed E-state index contributed by atoms with van der Waals surface area (Å²) >= 11 is 1.14. The summed E-state index contributed by atoms with van der Waals surface area (Å²) in [5, 5.41) is 3.12. The van der Waals surface area contributed by atoms with Gasteiger partial charge in [0.1, 0.15) is 0 Å². The van der Waals surface area contributed by atoms with Gasteiger partial charge in [-0.05, 0) is 38.5 Å². The zero-order valence-corrected chi connectivity index (χ0v) is 15.7. The van der Waals surface area contributed by atoms with Crippen LogP contribution < -0.4 is 10.9 Å². The normalized spacial score (nSPS) is 10.6. The Labute approximate surface area is 155 Å². The highest BCUT2D eigenvalue weighted by molar-refractivity contribution is 7.99. The third-order valence-electron chi connectivity index (χ3n) is 3.20. The molecule has 0 aliphatic rings. The lowest BCUT2D eigenvalue weighted by Gasteiger charge is -2.09. The molecule has 0 atom stereocenters. The van der Waals surface area contributed by atoms with Crippen LogP contribution in [0.4, 0.5) is 5.69 Å². The number of anilines is 1. The van der Waals surface area contributed by atoms with Crippen molar-refractivity contribution in [1.29, 1.82) is 0 Å². The molecule has 1 heterocycles. The molecule has 0 unspecified atom stereocenters. The summed E-state index contributed by atoms with van der Waals surface area (Å²) in [4.78, 5) is 42.4.